The van der Waals surface area contributed by atoms with Gasteiger partial charge >= 0.3 is 0 Å². The molecule has 0 aromatic rings. The van der Waals surface area contributed by atoms with Crippen LogP contribution in [0.5, 0.6) is 0 Å². The number of nitrogens with one attached hydrogen (secondary N) is 2. The van der Waals surface area contributed by atoms with Crippen LogP contribution in [-0.2, 0) is 0 Å². The van der Waals surface area contributed by atoms with Gasteiger partial charge in [0.25, 0.3) is 0 Å². The predicted molar refractivity (Wildman–Crippen MR) is 128 cm³/mol. The van der Waals surface area contributed by atoms with E-state index in [1.165, 1.54) is 88.5 Å². The summed E-state index contributed by atoms with van der Waals surface area (Å²) in [5.74, 6) is 0. The van der Waals surface area contributed by atoms with Gasteiger partial charge in [0.2, 0.25) is 0 Å². The number of hydrogen-bond acceptors (Lipinski definition) is 5. The summed E-state index contributed by atoms with van der Waals surface area (Å²) in [5, 5.41) is 18.3. The molecular weight excluding hydrogens is 360 g/mol. The Bertz CT molecular complexity index is 292. The Morgan fingerprint density at radius 3 is 1.48 bits per heavy atom. The maximum Gasteiger partial charge on any atom is 0.0250 e. The number of unbranched alkanes of at least 4 members (excludes halogenated alkanes) is 12. The average molecular weight is 415 g/mol. The lowest BCUT2D eigenvalue weighted by atomic mass is 10.1. The van der Waals surface area contributed by atoms with Crippen LogP contribution in [0.4, 0.5) is 0 Å². The van der Waals surface area contributed by atoms with Gasteiger partial charge in [0.1, 0.15) is 0 Å². The molecule has 0 rings (SSSR count). The molecule has 0 heterocycles. The molecule has 0 spiro atoms. The van der Waals surface area contributed by atoms with Crippen molar-refractivity contribution in [3.8, 4) is 0 Å². The minimum Gasteiger partial charge on any atom is -0.330 e. The van der Waals surface area contributed by atoms with Crippen LogP contribution in [0.25, 0.3) is 0 Å². The monoisotopic (exact) mass is 414 g/mol. The summed E-state index contributed by atoms with van der Waals surface area (Å²) in [6.45, 7) is 8.86. The van der Waals surface area contributed by atoms with Gasteiger partial charge in [-0.25, -0.2) is 0 Å². The van der Waals surface area contributed by atoms with Crippen LogP contribution in [0.15, 0.2) is 0 Å². The lowest BCUT2D eigenvalue weighted by Crippen LogP contribution is -2.26. The van der Waals surface area contributed by atoms with Crippen molar-refractivity contribution in [1.29, 1.82) is 0 Å². The summed E-state index contributed by atoms with van der Waals surface area (Å²) in [7, 11) is 0. The summed E-state index contributed by atoms with van der Waals surface area (Å²) in [5.41, 5.74) is 5.46. The molecule has 5 nitrogen and oxygen atoms in total. The maximum atomic E-state index is 9.94. The molecule has 0 saturated heterocycles. The Morgan fingerprint density at radius 2 is 0.966 bits per heavy atom. The molecule has 176 valence electrons. The van der Waals surface area contributed by atoms with E-state index in [4.69, 9.17) is 5.73 Å². The minimum atomic E-state index is 0.774. The van der Waals surface area contributed by atoms with E-state index >= 15 is 0 Å². The smallest absolute Gasteiger partial charge is 0.0250 e. The number of rotatable bonds is 25. The van der Waals surface area contributed by atoms with Crippen molar-refractivity contribution in [2.75, 3.05) is 45.8 Å². The Kier molecular flexibility index (Phi) is 25.7. The van der Waals surface area contributed by atoms with Crippen molar-refractivity contribution in [1.82, 2.24) is 15.7 Å². The highest BCUT2D eigenvalue weighted by Crippen LogP contribution is 2.12. The van der Waals surface area contributed by atoms with Gasteiger partial charge in [0, 0.05) is 13.1 Å². The summed E-state index contributed by atoms with van der Waals surface area (Å²) in [6.07, 6.45) is 20.8. The van der Waals surface area contributed by atoms with Crippen LogP contribution in [-0.4, -0.2) is 56.1 Å². The molecule has 5 N–H and O–H groups in total. The summed E-state index contributed by atoms with van der Waals surface area (Å²) in [4.78, 5) is 0. The van der Waals surface area contributed by atoms with Gasteiger partial charge < -0.3 is 21.6 Å². The van der Waals surface area contributed by atoms with Crippen LogP contribution in [0.3, 0.4) is 0 Å². The van der Waals surface area contributed by atoms with Crippen LogP contribution < -0.4 is 16.4 Å². The molecule has 0 fully saturated rings. The highest BCUT2D eigenvalue weighted by molar-refractivity contribution is 4.55. The molecule has 0 bridgehead atoms. The zero-order chi connectivity index (χ0) is 21.3. The molecule has 29 heavy (non-hydrogen) atoms. The van der Waals surface area contributed by atoms with E-state index in [9.17, 15) is 5.21 Å². The van der Waals surface area contributed by atoms with Crippen molar-refractivity contribution in [2.45, 2.75) is 110 Å². The van der Waals surface area contributed by atoms with Gasteiger partial charge in [-0.05, 0) is 64.8 Å². The molecule has 0 aliphatic rings. The highest BCUT2D eigenvalue weighted by atomic mass is 16.5. The zero-order valence-electron chi connectivity index (χ0n) is 19.7. The second-order valence-corrected chi connectivity index (χ2v) is 8.55. The third-order valence-electron chi connectivity index (χ3n) is 5.55. The molecule has 0 atom stereocenters. The fourth-order valence-corrected chi connectivity index (χ4v) is 3.61. The van der Waals surface area contributed by atoms with Gasteiger partial charge in [-0.15, -0.1) is 0 Å². The van der Waals surface area contributed by atoms with E-state index in [0.717, 1.165) is 65.1 Å². The van der Waals surface area contributed by atoms with Crippen molar-refractivity contribution >= 4 is 0 Å². The first-order valence-corrected chi connectivity index (χ1v) is 12.9. The Labute approximate surface area is 182 Å². The van der Waals surface area contributed by atoms with E-state index in [1.54, 1.807) is 0 Å². The van der Waals surface area contributed by atoms with Gasteiger partial charge in [-0.1, -0.05) is 77.6 Å². The van der Waals surface area contributed by atoms with Gasteiger partial charge in [-0.2, -0.15) is 5.06 Å². The van der Waals surface area contributed by atoms with Gasteiger partial charge in [0.15, 0.2) is 0 Å². The lowest BCUT2D eigenvalue weighted by molar-refractivity contribution is -0.0919. The quantitative estimate of drug-likeness (QED) is 0.124. The first-order valence-electron chi connectivity index (χ1n) is 12.9. The summed E-state index contributed by atoms with van der Waals surface area (Å²) >= 11 is 0. The molecule has 0 amide bonds. The fraction of sp³-hybridized carbons (Fsp3) is 1.00. The Hall–Kier alpha value is -0.200. The SMILES string of the molecule is CCCCCCCCCCCCCCN(O)CCCNCCCCNCCCN. The van der Waals surface area contributed by atoms with Crippen molar-refractivity contribution in [3.63, 3.8) is 0 Å². The molecular formula is C24H54N4O. The van der Waals surface area contributed by atoms with Crippen molar-refractivity contribution < 1.29 is 5.21 Å². The number of nitrogens with two attached hydrogens (primary N) is 1. The average Bonchev–Trinajstić information content (AvgIpc) is 2.72. The maximum absolute atomic E-state index is 9.94. The van der Waals surface area contributed by atoms with Crippen LogP contribution in [0, 0.1) is 0 Å². The molecule has 0 aliphatic heterocycles. The minimum absolute atomic E-state index is 0.774. The van der Waals surface area contributed by atoms with E-state index in [-0.39, 0.29) is 0 Å². The Morgan fingerprint density at radius 1 is 0.552 bits per heavy atom. The number of nitrogens with zero attached hydrogens (tertiary/aromatic N) is 1. The molecule has 5 heteroatoms. The van der Waals surface area contributed by atoms with Crippen molar-refractivity contribution in [3.05, 3.63) is 0 Å². The molecule has 0 radical (unpaired) electrons. The number of hydrogen-bond donors (Lipinski definition) is 4. The van der Waals surface area contributed by atoms with E-state index in [1.807, 2.05) is 0 Å². The van der Waals surface area contributed by atoms with Gasteiger partial charge in [-0.3, -0.25) is 0 Å². The summed E-state index contributed by atoms with van der Waals surface area (Å²) < 4.78 is 0. The molecule has 0 aromatic carbocycles. The molecule has 0 aliphatic carbocycles. The summed E-state index contributed by atoms with van der Waals surface area (Å²) in [6, 6.07) is 0. The van der Waals surface area contributed by atoms with Crippen LogP contribution in [0.2, 0.25) is 0 Å². The first kappa shape index (κ1) is 28.8. The third-order valence-corrected chi connectivity index (χ3v) is 5.55. The fourth-order valence-electron chi connectivity index (χ4n) is 3.61. The topological polar surface area (TPSA) is 73.5 Å². The lowest BCUT2D eigenvalue weighted by Gasteiger charge is -2.14. The van der Waals surface area contributed by atoms with E-state index in [0.29, 0.717) is 0 Å². The van der Waals surface area contributed by atoms with E-state index in [2.05, 4.69) is 17.6 Å². The second-order valence-electron chi connectivity index (χ2n) is 8.55. The van der Waals surface area contributed by atoms with Crippen LogP contribution in [0.1, 0.15) is 110 Å². The van der Waals surface area contributed by atoms with Crippen molar-refractivity contribution in [2.24, 2.45) is 5.73 Å². The second kappa shape index (κ2) is 25.8. The molecule has 0 saturated carbocycles. The normalized spacial score (nSPS) is 11.6. The molecule has 0 aromatic heterocycles. The third kappa shape index (κ3) is 25.8. The largest absolute Gasteiger partial charge is 0.330 e. The van der Waals surface area contributed by atoms with E-state index < -0.39 is 0 Å². The predicted octanol–water partition coefficient (Wildman–Crippen LogP) is 5.08. The standard InChI is InChI=1S/C24H54N4O/c1-2-3-4-5-6-7-8-9-10-11-12-15-23-28(29)24-17-22-27-20-14-13-19-26-21-16-18-25/h26-27,29H,2-25H2,1H3. The van der Waals surface area contributed by atoms with Crippen LogP contribution >= 0.6 is 0 Å². The number of hydroxylamine groups is 2. The Balaban J connectivity index is 3.12. The first-order chi connectivity index (χ1) is 14.3. The zero-order valence-corrected chi connectivity index (χ0v) is 19.7. The molecule has 0 unspecified atom stereocenters. The van der Waals surface area contributed by atoms with Gasteiger partial charge in [0.05, 0.1) is 0 Å². The highest BCUT2D eigenvalue weighted by Gasteiger charge is 2.00.